The minimum absolute atomic E-state index is 0.0213. The SMILES string of the molecule is O=[N+]([O-])c1ccc(Nc2ccc(O)c(O)c2)c2nonc12. The zero-order chi connectivity index (χ0) is 15.0. The third-order valence-corrected chi connectivity index (χ3v) is 2.85. The van der Waals surface area contributed by atoms with E-state index in [0.29, 0.717) is 11.4 Å². The van der Waals surface area contributed by atoms with Crippen molar-refractivity contribution < 1.29 is 19.8 Å². The lowest BCUT2D eigenvalue weighted by molar-refractivity contribution is -0.383. The normalized spacial score (nSPS) is 10.7. The van der Waals surface area contributed by atoms with Gasteiger partial charge in [-0.05, 0) is 28.5 Å². The molecule has 0 atom stereocenters. The summed E-state index contributed by atoms with van der Waals surface area (Å²) in [5, 5.41) is 39.6. The second-order valence-corrected chi connectivity index (χ2v) is 4.18. The van der Waals surface area contributed by atoms with Gasteiger partial charge in [-0.3, -0.25) is 10.1 Å². The van der Waals surface area contributed by atoms with Crippen LogP contribution in [-0.4, -0.2) is 25.4 Å². The van der Waals surface area contributed by atoms with Gasteiger partial charge in [0.15, 0.2) is 17.0 Å². The van der Waals surface area contributed by atoms with E-state index in [0.717, 1.165) is 0 Å². The molecular formula is C12H8N4O5. The summed E-state index contributed by atoms with van der Waals surface area (Å²) in [6, 6.07) is 6.86. The first-order chi connectivity index (χ1) is 10.1. The fourth-order valence-corrected chi connectivity index (χ4v) is 1.86. The van der Waals surface area contributed by atoms with E-state index in [4.69, 9.17) is 0 Å². The first kappa shape index (κ1) is 12.7. The number of nitro benzene ring substituents is 1. The Morgan fingerprint density at radius 2 is 1.86 bits per heavy atom. The Kier molecular flexibility index (Phi) is 2.79. The Morgan fingerprint density at radius 3 is 2.57 bits per heavy atom. The zero-order valence-corrected chi connectivity index (χ0v) is 10.3. The average Bonchev–Trinajstić information content (AvgIpc) is 2.92. The fraction of sp³-hybridized carbons (Fsp3) is 0. The number of hydrogen-bond acceptors (Lipinski definition) is 8. The average molecular weight is 288 g/mol. The topological polar surface area (TPSA) is 135 Å². The maximum absolute atomic E-state index is 10.9. The van der Waals surface area contributed by atoms with Gasteiger partial charge in [-0.15, -0.1) is 0 Å². The summed E-state index contributed by atoms with van der Waals surface area (Å²) in [6.07, 6.45) is 0. The molecule has 0 aliphatic heterocycles. The summed E-state index contributed by atoms with van der Waals surface area (Å²) >= 11 is 0. The fourth-order valence-electron chi connectivity index (χ4n) is 1.86. The lowest BCUT2D eigenvalue weighted by atomic mass is 10.2. The van der Waals surface area contributed by atoms with Crippen LogP contribution in [0, 0.1) is 10.1 Å². The Morgan fingerprint density at radius 1 is 1.10 bits per heavy atom. The summed E-state index contributed by atoms with van der Waals surface area (Å²) < 4.78 is 4.54. The van der Waals surface area contributed by atoms with Crippen molar-refractivity contribution in [1.82, 2.24) is 10.3 Å². The number of nitro groups is 1. The van der Waals surface area contributed by atoms with Gasteiger partial charge in [0.1, 0.15) is 0 Å². The quantitative estimate of drug-likeness (QED) is 0.289. The van der Waals surface area contributed by atoms with Crippen LogP contribution in [0.1, 0.15) is 0 Å². The minimum atomic E-state index is -0.581. The van der Waals surface area contributed by atoms with Gasteiger partial charge < -0.3 is 15.5 Å². The molecule has 2 aromatic carbocycles. The number of fused-ring (bicyclic) bond motifs is 1. The van der Waals surface area contributed by atoms with Crippen molar-refractivity contribution in [1.29, 1.82) is 0 Å². The third kappa shape index (κ3) is 2.16. The van der Waals surface area contributed by atoms with Gasteiger partial charge in [0.2, 0.25) is 5.52 Å². The van der Waals surface area contributed by atoms with Crippen molar-refractivity contribution in [3.05, 3.63) is 40.4 Å². The minimum Gasteiger partial charge on any atom is -0.504 e. The molecule has 21 heavy (non-hydrogen) atoms. The van der Waals surface area contributed by atoms with Gasteiger partial charge in [0.25, 0.3) is 0 Å². The Balaban J connectivity index is 2.05. The van der Waals surface area contributed by atoms with Gasteiger partial charge >= 0.3 is 5.69 Å². The Hall–Kier alpha value is -3.36. The van der Waals surface area contributed by atoms with Gasteiger partial charge in [-0.25, -0.2) is 4.63 Å². The standard InChI is InChI=1S/C12H8N4O5/c17-9-4-1-6(5-10(9)18)13-7-2-3-8(16(19)20)12-11(7)14-21-15-12/h1-5,13,17-18H. The number of phenolic OH excluding ortho intramolecular Hbond substituents is 2. The molecular weight excluding hydrogens is 280 g/mol. The van der Waals surface area contributed by atoms with Crippen LogP contribution in [0.4, 0.5) is 17.1 Å². The van der Waals surface area contributed by atoms with Crippen molar-refractivity contribution in [3.8, 4) is 11.5 Å². The highest BCUT2D eigenvalue weighted by atomic mass is 16.6. The van der Waals surface area contributed by atoms with Gasteiger partial charge in [-0.2, -0.15) is 0 Å². The molecule has 3 N–H and O–H groups in total. The number of anilines is 2. The molecule has 0 spiro atoms. The maximum atomic E-state index is 10.9. The van der Waals surface area contributed by atoms with E-state index in [1.807, 2.05) is 0 Å². The van der Waals surface area contributed by atoms with Gasteiger partial charge in [0.05, 0.1) is 10.6 Å². The number of phenols is 2. The molecule has 0 radical (unpaired) electrons. The molecule has 1 aromatic heterocycles. The molecule has 0 saturated heterocycles. The number of aromatic hydroxyl groups is 2. The van der Waals surface area contributed by atoms with Crippen molar-refractivity contribution in [2.45, 2.75) is 0 Å². The number of nitrogens with zero attached hydrogens (tertiary/aromatic N) is 3. The van der Waals surface area contributed by atoms with E-state index >= 15 is 0 Å². The van der Waals surface area contributed by atoms with E-state index in [1.165, 1.54) is 30.3 Å². The van der Waals surface area contributed by atoms with Crippen LogP contribution in [0.25, 0.3) is 11.0 Å². The van der Waals surface area contributed by atoms with Crippen LogP contribution in [-0.2, 0) is 0 Å². The molecule has 9 heteroatoms. The van der Waals surface area contributed by atoms with Crippen LogP contribution < -0.4 is 5.32 Å². The Labute approximate surface area is 116 Å². The monoisotopic (exact) mass is 288 g/mol. The smallest absolute Gasteiger partial charge is 0.300 e. The molecule has 0 amide bonds. The van der Waals surface area contributed by atoms with Gasteiger partial charge in [0, 0.05) is 17.8 Å². The molecule has 0 aliphatic carbocycles. The molecule has 0 aliphatic rings. The molecule has 0 bridgehead atoms. The molecule has 9 nitrogen and oxygen atoms in total. The summed E-state index contributed by atoms with van der Waals surface area (Å²) in [5.41, 5.74) is 0.875. The van der Waals surface area contributed by atoms with Crippen molar-refractivity contribution in [2.75, 3.05) is 5.32 Å². The number of non-ortho nitro benzene ring substituents is 1. The number of benzene rings is 2. The molecule has 3 rings (SSSR count). The van der Waals surface area contributed by atoms with E-state index in [9.17, 15) is 20.3 Å². The molecule has 0 fully saturated rings. The summed E-state index contributed by atoms with van der Waals surface area (Å²) in [6.45, 7) is 0. The van der Waals surface area contributed by atoms with E-state index < -0.39 is 4.92 Å². The number of aromatic nitrogens is 2. The predicted octanol–water partition coefficient (Wildman–Crippen LogP) is 2.29. The summed E-state index contributed by atoms with van der Waals surface area (Å²) in [4.78, 5) is 10.3. The molecule has 106 valence electrons. The number of nitrogens with one attached hydrogen (secondary N) is 1. The highest BCUT2D eigenvalue weighted by Gasteiger charge is 2.19. The number of rotatable bonds is 3. The molecule has 3 aromatic rings. The van der Waals surface area contributed by atoms with Gasteiger partial charge in [-0.1, -0.05) is 0 Å². The lowest BCUT2D eigenvalue weighted by Gasteiger charge is -2.07. The highest BCUT2D eigenvalue weighted by molar-refractivity contribution is 5.94. The molecule has 0 saturated carbocycles. The number of hydrogen-bond donors (Lipinski definition) is 3. The van der Waals surface area contributed by atoms with Crippen LogP contribution in [0.3, 0.4) is 0 Å². The first-order valence-corrected chi connectivity index (χ1v) is 5.75. The van der Waals surface area contributed by atoms with Crippen LogP contribution in [0.5, 0.6) is 11.5 Å². The summed E-state index contributed by atoms with van der Waals surface area (Å²) in [5.74, 6) is -0.547. The zero-order valence-electron chi connectivity index (χ0n) is 10.3. The van der Waals surface area contributed by atoms with Crippen LogP contribution in [0.15, 0.2) is 35.0 Å². The van der Waals surface area contributed by atoms with Crippen molar-refractivity contribution in [3.63, 3.8) is 0 Å². The molecule has 0 unspecified atom stereocenters. The van der Waals surface area contributed by atoms with Crippen LogP contribution in [0.2, 0.25) is 0 Å². The van der Waals surface area contributed by atoms with E-state index in [1.54, 1.807) is 0 Å². The first-order valence-electron chi connectivity index (χ1n) is 5.75. The lowest BCUT2D eigenvalue weighted by Crippen LogP contribution is -1.94. The van der Waals surface area contributed by atoms with Crippen LogP contribution >= 0.6 is 0 Å². The highest BCUT2D eigenvalue weighted by Crippen LogP contribution is 2.33. The Bertz CT molecular complexity index is 845. The predicted molar refractivity (Wildman–Crippen MR) is 71.5 cm³/mol. The van der Waals surface area contributed by atoms with Crippen molar-refractivity contribution in [2.24, 2.45) is 0 Å². The second-order valence-electron chi connectivity index (χ2n) is 4.18. The van der Waals surface area contributed by atoms with E-state index in [-0.39, 0.29) is 28.2 Å². The largest absolute Gasteiger partial charge is 0.504 e. The second kappa shape index (κ2) is 4.63. The molecule has 1 heterocycles. The van der Waals surface area contributed by atoms with Crippen molar-refractivity contribution >= 4 is 28.1 Å². The maximum Gasteiger partial charge on any atom is 0.300 e. The van der Waals surface area contributed by atoms with E-state index in [2.05, 4.69) is 20.3 Å². The summed E-state index contributed by atoms with van der Waals surface area (Å²) in [7, 11) is 0. The third-order valence-electron chi connectivity index (χ3n) is 2.85.